The molecule has 5 heteroatoms. The Labute approximate surface area is 110 Å². The summed E-state index contributed by atoms with van der Waals surface area (Å²) in [5.41, 5.74) is 0.935. The molecule has 18 heavy (non-hydrogen) atoms. The van der Waals surface area contributed by atoms with Crippen LogP contribution in [0.5, 0.6) is 0 Å². The molecule has 5 nitrogen and oxygen atoms in total. The first-order chi connectivity index (χ1) is 8.57. The number of hydrogen-bond donors (Lipinski definition) is 1. The molecule has 0 saturated carbocycles. The van der Waals surface area contributed by atoms with Crippen LogP contribution in [-0.4, -0.2) is 33.7 Å². The van der Waals surface area contributed by atoms with Gasteiger partial charge in [-0.05, 0) is 33.2 Å². The summed E-state index contributed by atoms with van der Waals surface area (Å²) in [6.45, 7) is 11.7. The van der Waals surface area contributed by atoms with Gasteiger partial charge in [-0.25, -0.2) is 4.68 Å². The second-order valence-electron chi connectivity index (χ2n) is 5.11. The Morgan fingerprint density at radius 3 is 2.83 bits per heavy atom. The predicted molar refractivity (Wildman–Crippen MR) is 72.3 cm³/mol. The average molecular weight is 254 g/mol. The van der Waals surface area contributed by atoms with E-state index in [2.05, 4.69) is 43.3 Å². The van der Waals surface area contributed by atoms with Crippen molar-refractivity contribution in [2.45, 2.75) is 59.2 Å². The highest BCUT2D eigenvalue weighted by atomic mass is 16.5. The lowest BCUT2D eigenvalue weighted by atomic mass is 10.1. The van der Waals surface area contributed by atoms with Crippen molar-refractivity contribution >= 4 is 0 Å². The molecule has 0 amide bonds. The van der Waals surface area contributed by atoms with Gasteiger partial charge in [0.2, 0.25) is 0 Å². The summed E-state index contributed by atoms with van der Waals surface area (Å²) in [6.07, 6.45) is 4.12. The predicted octanol–water partition coefficient (Wildman–Crippen LogP) is 1.98. The number of ether oxygens (including phenoxy) is 1. The molecule has 0 aromatic carbocycles. The van der Waals surface area contributed by atoms with Crippen molar-refractivity contribution in [3.63, 3.8) is 0 Å². The summed E-state index contributed by atoms with van der Waals surface area (Å²) in [5, 5.41) is 11.5. The minimum absolute atomic E-state index is 0.0495. The molecule has 0 saturated heterocycles. The molecule has 1 aromatic rings. The number of hydrogen-bond acceptors (Lipinski definition) is 4. The summed E-state index contributed by atoms with van der Waals surface area (Å²) in [7, 11) is 0. The molecule has 1 aromatic heterocycles. The van der Waals surface area contributed by atoms with E-state index in [1.165, 1.54) is 0 Å². The lowest BCUT2D eigenvalue weighted by molar-refractivity contribution is -0.0246. The van der Waals surface area contributed by atoms with E-state index in [0.717, 1.165) is 38.2 Å². The van der Waals surface area contributed by atoms with Crippen molar-refractivity contribution in [2.24, 2.45) is 0 Å². The summed E-state index contributed by atoms with van der Waals surface area (Å²) in [4.78, 5) is 0. The van der Waals surface area contributed by atoms with Crippen LogP contribution in [0, 0.1) is 0 Å². The molecule has 0 aliphatic carbocycles. The van der Waals surface area contributed by atoms with Crippen LogP contribution in [0.25, 0.3) is 0 Å². The van der Waals surface area contributed by atoms with E-state index in [9.17, 15) is 0 Å². The topological polar surface area (TPSA) is 52.0 Å². The Hall–Kier alpha value is -0.940. The smallest absolute Gasteiger partial charge is 0.0964 e. The lowest BCUT2D eigenvalue weighted by Gasteiger charge is -2.23. The van der Waals surface area contributed by atoms with Gasteiger partial charge in [0.05, 0.1) is 24.4 Å². The third-order valence-electron chi connectivity index (χ3n) is 2.98. The van der Waals surface area contributed by atoms with E-state index in [-0.39, 0.29) is 5.60 Å². The summed E-state index contributed by atoms with van der Waals surface area (Å²) < 4.78 is 7.63. The monoisotopic (exact) mass is 254 g/mol. The zero-order valence-corrected chi connectivity index (χ0v) is 12.1. The standard InChI is InChI=1S/C13H26N4O/c1-5-7-14-10-12-11-17(16-15-12)8-9-18-13(3,4)6-2/h11,14H,5-10H2,1-4H3. The Morgan fingerprint density at radius 2 is 2.17 bits per heavy atom. The Bertz CT molecular complexity index is 335. The zero-order chi connectivity index (χ0) is 13.4. The second-order valence-corrected chi connectivity index (χ2v) is 5.11. The maximum Gasteiger partial charge on any atom is 0.0964 e. The maximum atomic E-state index is 5.79. The van der Waals surface area contributed by atoms with E-state index in [1.807, 2.05) is 10.9 Å². The maximum absolute atomic E-state index is 5.79. The molecule has 0 radical (unpaired) electrons. The van der Waals surface area contributed by atoms with Crippen molar-refractivity contribution in [3.8, 4) is 0 Å². The molecule has 0 aliphatic rings. The highest BCUT2D eigenvalue weighted by molar-refractivity contribution is 4.91. The van der Waals surface area contributed by atoms with E-state index < -0.39 is 0 Å². The van der Waals surface area contributed by atoms with Gasteiger partial charge in [-0.2, -0.15) is 0 Å². The van der Waals surface area contributed by atoms with Gasteiger partial charge in [-0.1, -0.05) is 19.1 Å². The summed E-state index contributed by atoms with van der Waals surface area (Å²) in [5.74, 6) is 0. The van der Waals surface area contributed by atoms with Gasteiger partial charge in [0.15, 0.2) is 0 Å². The van der Waals surface area contributed by atoms with Crippen LogP contribution in [0.2, 0.25) is 0 Å². The van der Waals surface area contributed by atoms with Crippen LogP contribution in [0.3, 0.4) is 0 Å². The number of aromatic nitrogens is 3. The molecule has 0 bridgehead atoms. The fourth-order valence-electron chi connectivity index (χ4n) is 1.44. The van der Waals surface area contributed by atoms with Crippen molar-refractivity contribution in [3.05, 3.63) is 11.9 Å². The molecular formula is C13H26N4O. The molecule has 104 valence electrons. The molecule has 1 N–H and O–H groups in total. The minimum Gasteiger partial charge on any atom is -0.374 e. The van der Waals surface area contributed by atoms with E-state index in [0.29, 0.717) is 6.61 Å². The largest absolute Gasteiger partial charge is 0.374 e. The molecule has 0 unspecified atom stereocenters. The van der Waals surface area contributed by atoms with Crippen LogP contribution >= 0.6 is 0 Å². The van der Waals surface area contributed by atoms with Gasteiger partial charge in [0, 0.05) is 12.7 Å². The molecule has 0 aliphatic heterocycles. The van der Waals surface area contributed by atoms with Gasteiger partial charge < -0.3 is 10.1 Å². The SMILES string of the molecule is CCCNCc1cn(CCOC(C)(C)CC)nn1. The highest BCUT2D eigenvalue weighted by Crippen LogP contribution is 2.12. The van der Waals surface area contributed by atoms with Crippen LogP contribution in [-0.2, 0) is 17.8 Å². The van der Waals surface area contributed by atoms with E-state index >= 15 is 0 Å². The van der Waals surface area contributed by atoms with E-state index in [4.69, 9.17) is 4.74 Å². The first-order valence-corrected chi connectivity index (χ1v) is 6.81. The van der Waals surface area contributed by atoms with Crippen molar-refractivity contribution in [2.75, 3.05) is 13.2 Å². The van der Waals surface area contributed by atoms with Gasteiger partial charge in [-0.3, -0.25) is 0 Å². The van der Waals surface area contributed by atoms with Crippen LogP contribution < -0.4 is 5.32 Å². The highest BCUT2D eigenvalue weighted by Gasteiger charge is 2.14. The van der Waals surface area contributed by atoms with Gasteiger partial charge in [0.25, 0.3) is 0 Å². The quantitative estimate of drug-likeness (QED) is 0.685. The van der Waals surface area contributed by atoms with Crippen LogP contribution in [0.1, 0.15) is 46.2 Å². The Balaban J connectivity index is 2.27. The fourth-order valence-corrected chi connectivity index (χ4v) is 1.44. The molecule has 0 fully saturated rings. The van der Waals surface area contributed by atoms with Gasteiger partial charge in [-0.15, -0.1) is 5.10 Å². The number of rotatable bonds is 9. The lowest BCUT2D eigenvalue weighted by Crippen LogP contribution is -2.25. The second kappa shape index (κ2) is 7.48. The third kappa shape index (κ3) is 5.60. The van der Waals surface area contributed by atoms with Crippen molar-refractivity contribution in [1.82, 2.24) is 20.3 Å². The fraction of sp³-hybridized carbons (Fsp3) is 0.846. The average Bonchev–Trinajstić information content (AvgIpc) is 2.77. The molecular weight excluding hydrogens is 228 g/mol. The first kappa shape index (κ1) is 15.1. The van der Waals surface area contributed by atoms with Crippen LogP contribution in [0.4, 0.5) is 0 Å². The Kier molecular flexibility index (Phi) is 6.29. The normalized spacial score (nSPS) is 12.0. The summed E-state index contributed by atoms with van der Waals surface area (Å²) >= 11 is 0. The number of nitrogens with zero attached hydrogens (tertiary/aromatic N) is 3. The minimum atomic E-state index is -0.0495. The molecule has 1 heterocycles. The van der Waals surface area contributed by atoms with Crippen molar-refractivity contribution < 1.29 is 4.74 Å². The number of nitrogens with one attached hydrogen (secondary N) is 1. The molecule has 0 atom stereocenters. The molecule has 1 rings (SSSR count). The summed E-state index contributed by atoms with van der Waals surface area (Å²) in [6, 6.07) is 0. The first-order valence-electron chi connectivity index (χ1n) is 6.81. The van der Waals surface area contributed by atoms with Crippen molar-refractivity contribution in [1.29, 1.82) is 0 Å². The zero-order valence-electron chi connectivity index (χ0n) is 12.1. The van der Waals surface area contributed by atoms with E-state index in [1.54, 1.807) is 0 Å². The van der Waals surface area contributed by atoms with Gasteiger partial charge in [0.1, 0.15) is 0 Å². The van der Waals surface area contributed by atoms with Crippen LogP contribution in [0.15, 0.2) is 6.20 Å². The Morgan fingerprint density at radius 1 is 1.39 bits per heavy atom. The molecule has 0 spiro atoms. The van der Waals surface area contributed by atoms with Gasteiger partial charge >= 0.3 is 0 Å². The third-order valence-corrected chi connectivity index (χ3v) is 2.98.